The maximum Gasteiger partial charge on any atom is 0.142 e. The van der Waals surface area contributed by atoms with E-state index in [0.29, 0.717) is 0 Å². The van der Waals surface area contributed by atoms with E-state index in [1.165, 1.54) is 11.1 Å². The second-order valence-corrected chi connectivity index (χ2v) is 5.84. The number of benzene rings is 2. The zero-order valence-corrected chi connectivity index (χ0v) is 14.3. The monoisotopic (exact) mass is 348 g/mol. The molecular weight excluding hydrogens is 328 g/mol. The molecule has 2 rings (SSSR count). The van der Waals surface area contributed by atoms with Gasteiger partial charge in [0.15, 0.2) is 0 Å². The number of nitrogens with one attached hydrogen (secondary N) is 1. The van der Waals surface area contributed by atoms with Crippen molar-refractivity contribution in [1.82, 2.24) is 5.32 Å². The van der Waals surface area contributed by atoms with Crippen molar-refractivity contribution >= 4 is 21.6 Å². The Morgan fingerprint density at radius 1 is 1.19 bits per heavy atom. The average Bonchev–Trinajstić information content (AvgIpc) is 2.50. The Morgan fingerprint density at radius 3 is 2.62 bits per heavy atom. The SMILES string of the molecule is CNCc1ccc(CN(C)c2ccccc2OC)c(Br)c1. The number of ether oxygens (including phenoxy) is 1. The molecule has 0 spiro atoms. The van der Waals surface area contributed by atoms with Crippen molar-refractivity contribution < 1.29 is 4.74 Å². The van der Waals surface area contributed by atoms with Crippen LogP contribution in [-0.2, 0) is 13.1 Å². The lowest BCUT2D eigenvalue weighted by molar-refractivity contribution is 0.415. The molecule has 0 amide bonds. The molecule has 0 unspecified atom stereocenters. The molecule has 2 aromatic rings. The van der Waals surface area contributed by atoms with E-state index in [1.54, 1.807) is 7.11 Å². The summed E-state index contributed by atoms with van der Waals surface area (Å²) in [6.07, 6.45) is 0. The van der Waals surface area contributed by atoms with Crippen LogP contribution in [-0.4, -0.2) is 21.2 Å². The number of hydrogen-bond acceptors (Lipinski definition) is 3. The molecule has 0 saturated heterocycles. The van der Waals surface area contributed by atoms with Crippen molar-refractivity contribution in [3.63, 3.8) is 0 Å². The first-order chi connectivity index (χ1) is 10.2. The first kappa shape index (κ1) is 15.9. The predicted molar refractivity (Wildman–Crippen MR) is 92.0 cm³/mol. The third-order valence-corrected chi connectivity index (χ3v) is 4.14. The van der Waals surface area contributed by atoms with Crippen molar-refractivity contribution in [3.8, 4) is 5.75 Å². The van der Waals surface area contributed by atoms with Gasteiger partial charge in [0.1, 0.15) is 5.75 Å². The highest BCUT2D eigenvalue weighted by molar-refractivity contribution is 9.10. The molecule has 4 heteroatoms. The van der Waals surface area contributed by atoms with Crippen LogP contribution in [0, 0.1) is 0 Å². The molecular formula is C17H21BrN2O. The Bertz CT molecular complexity index is 601. The van der Waals surface area contributed by atoms with Crippen LogP contribution in [0.3, 0.4) is 0 Å². The lowest BCUT2D eigenvalue weighted by atomic mass is 10.1. The lowest BCUT2D eigenvalue weighted by Gasteiger charge is -2.22. The summed E-state index contributed by atoms with van der Waals surface area (Å²) in [5, 5.41) is 3.16. The molecule has 0 atom stereocenters. The summed E-state index contributed by atoms with van der Waals surface area (Å²) < 4.78 is 6.56. The van der Waals surface area contributed by atoms with E-state index < -0.39 is 0 Å². The van der Waals surface area contributed by atoms with Crippen molar-refractivity contribution in [2.45, 2.75) is 13.1 Å². The largest absolute Gasteiger partial charge is 0.495 e. The van der Waals surface area contributed by atoms with Gasteiger partial charge in [0.2, 0.25) is 0 Å². The summed E-state index contributed by atoms with van der Waals surface area (Å²) in [7, 11) is 5.73. The maximum absolute atomic E-state index is 5.42. The van der Waals surface area contributed by atoms with Gasteiger partial charge in [0, 0.05) is 24.6 Å². The first-order valence-electron chi connectivity index (χ1n) is 6.91. The Kier molecular flexibility index (Phi) is 5.65. The molecule has 0 aliphatic carbocycles. The maximum atomic E-state index is 5.42. The topological polar surface area (TPSA) is 24.5 Å². The van der Waals surface area contributed by atoms with E-state index in [-0.39, 0.29) is 0 Å². The molecule has 0 radical (unpaired) electrons. The quantitative estimate of drug-likeness (QED) is 0.858. The van der Waals surface area contributed by atoms with Crippen LogP contribution < -0.4 is 15.0 Å². The predicted octanol–water partition coefficient (Wildman–Crippen LogP) is 3.81. The Balaban J connectivity index is 2.17. The molecule has 21 heavy (non-hydrogen) atoms. The summed E-state index contributed by atoms with van der Waals surface area (Å²) in [6.45, 7) is 1.70. The molecule has 0 fully saturated rings. The summed E-state index contributed by atoms with van der Waals surface area (Å²) >= 11 is 3.67. The molecule has 0 aromatic heterocycles. The van der Waals surface area contributed by atoms with E-state index >= 15 is 0 Å². The average molecular weight is 349 g/mol. The second-order valence-electron chi connectivity index (χ2n) is 4.98. The zero-order chi connectivity index (χ0) is 15.2. The Hall–Kier alpha value is -1.52. The van der Waals surface area contributed by atoms with Gasteiger partial charge in [-0.25, -0.2) is 0 Å². The first-order valence-corrected chi connectivity index (χ1v) is 7.71. The molecule has 112 valence electrons. The van der Waals surface area contributed by atoms with Crippen molar-refractivity contribution in [3.05, 3.63) is 58.1 Å². The van der Waals surface area contributed by atoms with Gasteiger partial charge in [-0.05, 0) is 36.4 Å². The number of hydrogen-bond donors (Lipinski definition) is 1. The molecule has 1 N–H and O–H groups in total. The smallest absolute Gasteiger partial charge is 0.142 e. The Morgan fingerprint density at radius 2 is 1.95 bits per heavy atom. The van der Waals surface area contributed by atoms with E-state index in [9.17, 15) is 0 Å². The van der Waals surface area contributed by atoms with E-state index in [2.05, 4.69) is 57.5 Å². The van der Waals surface area contributed by atoms with Gasteiger partial charge in [-0.1, -0.05) is 40.2 Å². The third-order valence-electron chi connectivity index (χ3n) is 3.40. The van der Waals surface area contributed by atoms with Crippen LogP contribution in [0.2, 0.25) is 0 Å². The molecule has 0 saturated carbocycles. The fourth-order valence-electron chi connectivity index (χ4n) is 2.32. The van der Waals surface area contributed by atoms with Gasteiger partial charge in [0.05, 0.1) is 12.8 Å². The van der Waals surface area contributed by atoms with E-state index in [1.807, 2.05) is 25.2 Å². The van der Waals surface area contributed by atoms with Gasteiger partial charge < -0.3 is 15.0 Å². The molecule has 0 aliphatic rings. The number of nitrogens with zero attached hydrogens (tertiary/aromatic N) is 1. The minimum absolute atomic E-state index is 0.820. The van der Waals surface area contributed by atoms with Crippen LogP contribution in [0.25, 0.3) is 0 Å². The van der Waals surface area contributed by atoms with Crippen LogP contribution in [0.4, 0.5) is 5.69 Å². The van der Waals surface area contributed by atoms with Gasteiger partial charge in [-0.3, -0.25) is 0 Å². The molecule has 0 heterocycles. The second kappa shape index (κ2) is 7.48. The van der Waals surface area contributed by atoms with Crippen LogP contribution in [0.15, 0.2) is 46.9 Å². The highest BCUT2D eigenvalue weighted by Gasteiger charge is 2.10. The van der Waals surface area contributed by atoms with Crippen molar-refractivity contribution in [2.75, 3.05) is 26.1 Å². The number of rotatable bonds is 6. The third kappa shape index (κ3) is 3.99. The van der Waals surface area contributed by atoms with Gasteiger partial charge in [-0.2, -0.15) is 0 Å². The summed E-state index contributed by atoms with van der Waals surface area (Å²) in [5.74, 6) is 0.892. The number of anilines is 1. The summed E-state index contributed by atoms with van der Waals surface area (Å²) in [5.41, 5.74) is 3.61. The standard InChI is InChI=1S/C17H21BrN2O/c1-19-11-13-8-9-14(15(18)10-13)12-20(2)16-6-4-5-7-17(16)21-3/h4-10,19H,11-12H2,1-3H3. The normalized spacial score (nSPS) is 10.5. The van der Waals surface area contributed by atoms with Crippen molar-refractivity contribution in [1.29, 1.82) is 0 Å². The fraction of sp³-hybridized carbons (Fsp3) is 0.294. The van der Waals surface area contributed by atoms with E-state index in [0.717, 1.165) is 29.0 Å². The number of para-hydroxylation sites is 2. The number of halogens is 1. The van der Waals surface area contributed by atoms with Crippen LogP contribution in [0.5, 0.6) is 5.75 Å². The molecule has 3 nitrogen and oxygen atoms in total. The minimum atomic E-state index is 0.820. The van der Waals surface area contributed by atoms with E-state index in [4.69, 9.17) is 4.74 Å². The molecule has 0 aliphatic heterocycles. The molecule has 0 bridgehead atoms. The van der Waals surface area contributed by atoms with Gasteiger partial charge in [-0.15, -0.1) is 0 Å². The van der Waals surface area contributed by atoms with Crippen LogP contribution >= 0.6 is 15.9 Å². The highest BCUT2D eigenvalue weighted by atomic mass is 79.9. The van der Waals surface area contributed by atoms with Crippen molar-refractivity contribution in [2.24, 2.45) is 0 Å². The lowest BCUT2D eigenvalue weighted by Crippen LogP contribution is -2.17. The van der Waals surface area contributed by atoms with Gasteiger partial charge >= 0.3 is 0 Å². The van der Waals surface area contributed by atoms with Crippen LogP contribution in [0.1, 0.15) is 11.1 Å². The summed E-state index contributed by atoms with van der Waals surface area (Å²) in [6, 6.07) is 14.6. The zero-order valence-electron chi connectivity index (χ0n) is 12.7. The number of methoxy groups -OCH3 is 1. The molecule has 2 aromatic carbocycles. The van der Waals surface area contributed by atoms with Gasteiger partial charge in [0.25, 0.3) is 0 Å². The minimum Gasteiger partial charge on any atom is -0.495 e. The Labute approximate surface area is 135 Å². The fourth-order valence-corrected chi connectivity index (χ4v) is 2.87. The highest BCUT2D eigenvalue weighted by Crippen LogP contribution is 2.29. The summed E-state index contributed by atoms with van der Waals surface area (Å²) in [4.78, 5) is 2.19.